The molecule has 0 heterocycles. The number of carbonyl (C=O) groups excluding carboxylic acids is 1. The Hall–Kier alpha value is -3.02. The first-order chi connectivity index (χ1) is 18.1. The van der Waals surface area contributed by atoms with Gasteiger partial charge in [0.25, 0.3) is 0 Å². The maximum atomic E-state index is 14.0. The van der Waals surface area contributed by atoms with Gasteiger partial charge in [-0.1, -0.05) is 68.3 Å². The third kappa shape index (κ3) is 6.16. The van der Waals surface area contributed by atoms with Gasteiger partial charge in [0.1, 0.15) is 5.75 Å². The summed E-state index contributed by atoms with van der Waals surface area (Å²) in [5.41, 5.74) is 3.58. The second-order valence-electron chi connectivity index (χ2n) is 9.81. The zero-order valence-electron chi connectivity index (χ0n) is 23.0. The number of methoxy groups -OCH3 is 3. The monoisotopic (exact) mass is 537 g/mol. The summed E-state index contributed by atoms with van der Waals surface area (Å²) >= 11 is 0. The van der Waals surface area contributed by atoms with Gasteiger partial charge in [0.2, 0.25) is 0 Å². The summed E-state index contributed by atoms with van der Waals surface area (Å²) in [6, 6.07) is 22.4. The van der Waals surface area contributed by atoms with E-state index in [0.717, 1.165) is 67.8 Å². The molecule has 0 radical (unpaired) electrons. The highest BCUT2D eigenvalue weighted by atomic mass is 35.5. The number of para-hydroxylation sites is 1. The molecule has 204 valence electrons. The van der Waals surface area contributed by atoms with E-state index >= 15 is 0 Å². The van der Waals surface area contributed by atoms with Crippen molar-refractivity contribution in [3.05, 3.63) is 89.0 Å². The lowest BCUT2D eigenvalue weighted by atomic mass is 9.73. The highest BCUT2D eigenvalue weighted by molar-refractivity contribution is 6.09. The third-order valence-electron chi connectivity index (χ3n) is 7.72. The molecule has 5 nitrogen and oxygen atoms in total. The van der Waals surface area contributed by atoms with Crippen LogP contribution in [0, 0.1) is 0 Å². The van der Waals surface area contributed by atoms with Gasteiger partial charge in [0, 0.05) is 17.7 Å². The Labute approximate surface area is 233 Å². The number of nitrogens with zero attached hydrogens (tertiary/aromatic N) is 1. The lowest BCUT2D eigenvalue weighted by Crippen LogP contribution is -2.33. The van der Waals surface area contributed by atoms with Gasteiger partial charge in [0.05, 0.1) is 26.7 Å². The smallest absolute Gasteiger partial charge is 0.174 e. The highest BCUT2D eigenvalue weighted by Crippen LogP contribution is 2.46. The van der Waals surface area contributed by atoms with E-state index < -0.39 is 5.41 Å². The fourth-order valence-corrected chi connectivity index (χ4v) is 5.64. The molecule has 3 aromatic rings. The van der Waals surface area contributed by atoms with Crippen molar-refractivity contribution in [2.45, 2.75) is 51.0 Å². The van der Waals surface area contributed by atoms with E-state index in [1.54, 1.807) is 21.3 Å². The van der Waals surface area contributed by atoms with Gasteiger partial charge >= 0.3 is 0 Å². The zero-order chi connectivity index (χ0) is 26.3. The molecule has 0 aliphatic heterocycles. The molecule has 6 heteroatoms. The van der Waals surface area contributed by atoms with E-state index in [4.69, 9.17) is 14.2 Å². The molecule has 0 spiro atoms. The van der Waals surface area contributed by atoms with Crippen LogP contribution in [-0.4, -0.2) is 45.1 Å². The second-order valence-corrected chi connectivity index (χ2v) is 9.81. The van der Waals surface area contributed by atoms with E-state index in [2.05, 4.69) is 36.1 Å². The molecule has 1 aliphatic carbocycles. The van der Waals surface area contributed by atoms with Crippen molar-refractivity contribution >= 4 is 18.2 Å². The first-order valence-electron chi connectivity index (χ1n) is 13.3. The average Bonchev–Trinajstić information content (AvgIpc) is 3.23. The van der Waals surface area contributed by atoms with Crippen LogP contribution in [0.3, 0.4) is 0 Å². The maximum Gasteiger partial charge on any atom is 0.174 e. The Morgan fingerprint density at radius 2 is 1.47 bits per heavy atom. The number of rotatable bonds is 13. The van der Waals surface area contributed by atoms with Crippen molar-refractivity contribution in [3.8, 4) is 17.2 Å². The molecule has 38 heavy (non-hydrogen) atoms. The summed E-state index contributed by atoms with van der Waals surface area (Å²) in [5.74, 6) is 2.42. The Bertz CT molecular complexity index is 1200. The lowest BCUT2D eigenvalue weighted by Gasteiger charge is -2.28. The van der Waals surface area contributed by atoms with Crippen LogP contribution in [0.1, 0.15) is 59.7 Å². The summed E-state index contributed by atoms with van der Waals surface area (Å²) in [6.45, 7) is 5.10. The Balaban J connectivity index is 0.00000400. The number of unbranched alkanes of at least 4 members (excludes halogenated alkanes) is 2. The van der Waals surface area contributed by atoms with E-state index in [-0.39, 0.29) is 18.2 Å². The molecule has 4 rings (SSSR count). The predicted molar refractivity (Wildman–Crippen MR) is 155 cm³/mol. The number of carbonyl (C=O) groups is 1. The number of ketones is 1. The van der Waals surface area contributed by atoms with Gasteiger partial charge < -0.3 is 14.2 Å². The molecule has 1 aliphatic rings. The van der Waals surface area contributed by atoms with Crippen molar-refractivity contribution in [3.63, 3.8) is 0 Å². The van der Waals surface area contributed by atoms with Crippen molar-refractivity contribution < 1.29 is 19.0 Å². The molecule has 1 unspecified atom stereocenters. The Kier molecular flexibility index (Phi) is 10.6. The van der Waals surface area contributed by atoms with Gasteiger partial charge in [-0.3, -0.25) is 9.69 Å². The lowest BCUT2D eigenvalue weighted by molar-refractivity contribution is 0.0891. The zero-order valence-corrected chi connectivity index (χ0v) is 23.8. The largest absolute Gasteiger partial charge is 0.496 e. The number of halogens is 1. The number of benzene rings is 3. The molecule has 0 fully saturated rings. The molecule has 0 saturated carbocycles. The van der Waals surface area contributed by atoms with E-state index in [9.17, 15) is 4.79 Å². The molecule has 0 saturated heterocycles. The summed E-state index contributed by atoms with van der Waals surface area (Å²) < 4.78 is 16.6. The summed E-state index contributed by atoms with van der Waals surface area (Å²) in [5, 5.41) is 0. The number of hydrogen-bond donors (Lipinski definition) is 0. The second kappa shape index (κ2) is 13.7. The van der Waals surface area contributed by atoms with Crippen LogP contribution in [0.15, 0.2) is 66.7 Å². The molecule has 1 atom stereocenters. The van der Waals surface area contributed by atoms with E-state index in [0.29, 0.717) is 17.9 Å². The topological polar surface area (TPSA) is 48.0 Å². The molecule has 0 N–H and O–H groups in total. The van der Waals surface area contributed by atoms with Crippen LogP contribution in [0.25, 0.3) is 0 Å². The minimum Gasteiger partial charge on any atom is -0.496 e. The molecular weight excluding hydrogens is 498 g/mol. The van der Waals surface area contributed by atoms with Gasteiger partial charge in [-0.25, -0.2) is 0 Å². The molecule has 0 aromatic heterocycles. The van der Waals surface area contributed by atoms with Crippen LogP contribution < -0.4 is 14.2 Å². The SMILES string of the molecule is CCN(CCCCCC1(c2ccccc2)Cc2cc(OC)c(OC)cc2C1=O)Cc1ccccc1OC.Cl. The minimum absolute atomic E-state index is 0. The molecule has 3 aromatic carbocycles. The Morgan fingerprint density at radius 1 is 0.816 bits per heavy atom. The minimum atomic E-state index is -0.539. The number of Topliss-reactive ketones (excluding diaryl/α,β-unsaturated/α-hetero) is 1. The molecule has 0 amide bonds. The third-order valence-corrected chi connectivity index (χ3v) is 7.72. The maximum absolute atomic E-state index is 14.0. The number of ether oxygens (including phenoxy) is 3. The van der Waals surface area contributed by atoms with Gasteiger partial charge in [0.15, 0.2) is 17.3 Å². The van der Waals surface area contributed by atoms with Crippen LogP contribution in [0.5, 0.6) is 17.2 Å². The first kappa shape index (κ1) is 29.5. The van der Waals surface area contributed by atoms with Crippen molar-refractivity contribution in [1.82, 2.24) is 4.90 Å². The van der Waals surface area contributed by atoms with Crippen LogP contribution in [0.4, 0.5) is 0 Å². The predicted octanol–water partition coefficient (Wildman–Crippen LogP) is 6.89. The molecular formula is C32H40ClNO4. The standard InChI is InChI=1S/C32H39NO4.ClH/c1-5-33(23-24-14-10-11-17-28(24)35-2)19-13-7-12-18-32(26-15-8-6-9-16-26)22-25-20-29(36-3)30(37-4)21-27(25)31(32)34;/h6,8-11,14-17,20-21H,5,7,12-13,18-19,22-23H2,1-4H3;1H. The van der Waals surface area contributed by atoms with E-state index in [1.165, 1.54) is 5.56 Å². The fraction of sp³-hybridized carbons (Fsp3) is 0.406. The van der Waals surface area contributed by atoms with Crippen LogP contribution in [-0.2, 0) is 18.4 Å². The summed E-state index contributed by atoms with van der Waals surface area (Å²) in [6.07, 6.45) is 4.69. The number of hydrogen-bond acceptors (Lipinski definition) is 5. The first-order valence-corrected chi connectivity index (χ1v) is 13.3. The molecule has 0 bridgehead atoms. The Morgan fingerprint density at radius 3 is 2.16 bits per heavy atom. The van der Waals surface area contributed by atoms with Gasteiger partial charge in [-0.05, 0) is 61.7 Å². The number of fused-ring (bicyclic) bond motifs is 1. The summed E-state index contributed by atoms with van der Waals surface area (Å²) in [4.78, 5) is 16.4. The van der Waals surface area contributed by atoms with Gasteiger partial charge in [-0.15, -0.1) is 12.4 Å². The van der Waals surface area contributed by atoms with E-state index in [1.807, 2.05) is 42.5 Å². The average molecular weight is 538 g/mol. The van der Waals surface area contributed by atoms with Crippen molar-refractivity contribution in [1.29, 1.82) is 0 Å². The van der Waals surface area contributed by atoms with Crippen LogP contribution in [0.2, 0.25) is 0 Å². The fourth-order valence-electron chi connectivity index (χ4n) is 5.64. The van der Waals surface area contributed by atoms with Gasteiger partial charge in [-0.2, -0.15) is 0 Å². The van der Waals surface area contributed by atoms with Crippen LogP contribution >= 0.6 is 12.4 Å². The van der Waals surface area contributed by atoms with Crippen molar-refractivity contribution in [2.75, 3.05) is 34.4 Å². The summed E-state index contributed by atoms with van der Waals surface area (Å²) in [7, 11) is 4.98. The van der Waals surface area contributed by atoms with Crippen molar-refractivity contribution in [2.24, 2.45) is 0 Å². The quantitative estimate of drug-likeness (QED) is 0.222. The highest BCUT2D eigenvalue weighted by Gasteiger charge is 2.46. The normalized spacial score (nSPS) is 16.2.